The zero-order valence-corrected chi connectivity index (χ0v) is 11.4. The van der Waals surface area contributed by atoms with Gasteiger partial charge in [-0.2, -0.15) is 0 Å². The summed E-state index contributed by atoms with van der Waals surface area (Å²) >= 11 is 10.6. The van der Waals surface area contributed by atoms with Crippen LogP contribution in [-0.4, -0.2) is 20.1 Å². The molecule has 15 heavy (non-hydrogen) atoms. The van der Waals surface area contributed by atoms with Gasteiger partial charge in [-0.3, -0.25) is 0 Å². The molecule has 0 aliphatic carbocycles. The van der Waals surface area contributed by atoms with E-state index < -0.39 is 0 Å². The summed E-state index contributed by atoms with van der Waals surface area (Å²) in [6, 6.07) is 0. The zero-order chi connectivity index (χ0) is 11.8. The van der Waals surface area contributed by atoms with Crippen molar-refractivity contribution in [3.05, 3.63) is 14.6 Å². The predicted molar refractivity (Wildman–Crippen MR) is 71.5 cm³/mol. The van der Waals surface area contributed by atoms with Gasteiger partial charge >= 0.3 is 0 Å². The van der Waals surface area contributed by atoms with Gasteiger partial charge in [0.2, 0.25) is 0 Å². The van der Waals surface area contributed by atoms with Crippen molar-refractivity contribution in [2.24, 2.45) is 5.73 Å². The van der Waals surface area contributed by atoms with Gasteiger partial charge in [-0.25, -0.2) is 0 Å². The van der Waals surface area contributed by atoms with E-state index in [0.29, 0.717) is 6.54 Å². The number of rotatable bonds is 3. The van der Waals surface area contributed by atoms with Crippen molar-refractivity contribution in [3.8, 4) is 0 Å². The maximum absolute atomic E-state index is 5.54. The Morgan fingerprint density at radius 2 is 1.73 bits per heavy atom. The van der Waals surface area contributed by atoms with Crippen LogP contribution in [0.3, 0.4) is 0 Å². The van der Waals surface area contributed by atoms with Gasteiger partial charge in [0.05, 0.1) is 14.7 Å². The zero-order valence-electron chi connectivity index (χ0n) is 9.76. The lowest BCUT2D eigenvalue weighted by atomic mass is 9.83. The summed E-state index contributed by atoms with van der Waals surface area (Å²) in [7, 11) is 2.02. The molecule has 0 fully saturated rings. The Hall–Kier alpha value is -0.320. The standard InChI is InChI=1S/C11H18N2S2/c1-11(2,3)7-8(10(15)9(7)14)13(4)6-5-12/h5-6,12H2,1-4H3. The molecule has 0 bridgehead atoms. The van der Waals surface area contributed by atoms with Crippen LogP contribution in [0.2, 0.25) is 0 Å². The Balaban J connectivity index is 3.16. The van der Waals surface area contributed by atoms with Gasteiger partial charge in [0.15, 0.2) is 0 Å². The van der Waals surface area contributed by atoms with Crippen LogP contribution in [0.1, 0.15) is 26.3 Å². The summed E-state index contributed by atoms with van der Waals surface area (Å²) in [6.45, 7) is 7.93. The molecule has 0 heterocycles. The Bertz CT molecular complexity index is 422. The van der Waals surface area contributed by atoms with Crippen LogP contribution < -0.4 is 10.6 Å². The number of nitrogens with zero attached hydrogens (tertiary/aromatic N) is 1. The molecule has 4 heteroatoms. The summed E-state index contributed by atoms with van der Waals surface area (Å²) in [5, 5.41) is 0. The van der Waals surface area contributed by atoms with E-state index in [0.717, 1.165) is 21.3 Å². The topological polar surface area (TPSA) is 29.3 Å². The van der Waals surface area contributed by atoms with Gasteiger partial charge in [-0.05, 0) is 5.41 Å². The van der Waals surface area contributed by atoms with Crippen molar-refractivity contribution in [2.75, 3.05) is 25.0 Å². The summed E-state index contributed by atoms with van der Waals surface area (Å²) in [6.07, 6.45) is 0. The summed E-state index contributed by atoms with van der Waals surface area (Å²) in [5.41, 5.74) is 7.93. The van der Waals surface area contributed by atoms with Crippen molar-refractivity contribution < 1.29 is 0 Å². The number of anilines is 1. The molecule has 0 saturated carbocycles. The third-order valence-corrected chi connectivity index (χ3v) is 3.42. The van der Waals surface area contributed by atoms with E-state index in [9.17, 15) is 0 Å². The smallest absolute Gasteiger partial charge is 0.0798 e. The Labute approximate surface area is 102 Å². The van der Waals surface area contributed by atoms with E-state index in [4.69, 9.17) is 30.2 Å². The van der Waals surface area contributed by atoms with E-state index in [1.165, 1.54) is 5.56 Å². The summed E-state index contributed by atoms with van der Waals surface area (Å²) in [4.78, 5) is 2.11. The first-order chi connectivity index (χ1) is 6.80. The number of nitrogens with two attached hydrogens (primary N) is 1. The normalized spacial score (nSPS) is 12.1. The Morgan fingerprint density at radius 3 is 2.13 bits per heavy atom. The van der Waals surface area contributed by atoms with E-state index in [1.807, 2.05) is 7.05 Å². The first kappa shape index (κ1) is 12.7. The van der Waals surface area contributed by atoms with Gasteiger partial charge in [-0.1, -0.05) is 45.2 Å². The first-order valence-corrected chi connectivity index (χ1v) is 5.87. The minimum absolute atomic E-state index is 0.0670. The molecule has 0 amide bonds. The largest absolute Gasteiger partial charge is 0.372 e. The number of hydrogen-bond donors (Lipinski definition) is 1. The second kappa shape index (κ2) is 4.28. The van der Waals surface area contributed by atoms with Crippen LogP contribution in [0.25, 0.3) is 0 Å². The molecule has 0 aromatic heterocycles. The molecule has 1 aromatic rings. The molecule has 0 unspecified atom stereocenters. The molecule has 0 aliphatic rings. The van der Waals surface area contributed by atoms with E-state index >= 15 is 0 Å². The predicted octanol–water partition coefficient (Wildman–Crippen LogP) is 2.71. The lowest BCUT2D eigenvalue weighted by molar-refractivity contribution is 0.581. The minimum Gasteiger partial charge on any atom is -0.372 e. The molecule has 0 radical (unpaired) electrons. The van der Waals surface area contributed by atoms with Crippen LogP contribution in [0.15, 0.2) is 0 Å². The van der Waals surface area contributed by atoms with Crippen molar-refractivity contribution >= 4 is 30.1 Å². The Kier molecular flexibility index (Phi) is 3.63. The van der Waals surface area contributed by atoms with Crippen LogP contribution in [0.5, 0.6) is 0 Å². The average molecular weight is 242 g/mol. The van der Waals surface area contributed by atoms with Gasteiger partial charge < -0.3 is 10.6 Å². The van der Waals surface area contributed by atoms with Crippen molar-refractivity contribution in [3.63, 3.8) is 0 Å². The summed E-state index contributed by atoms with van der Waals surface area (Å²) < 4.78 is 1.68. The van der Waals surface area contributed by atoms with Gasteiger partial charge in [0.1, 0.15) is 0 Å². The summed E-state index contributed by atoms with van der Waals surface area (Å²) in [5.74, 6) is 0. The quantitative estimate of drug-likeness (QED) is 0.825. The third-order valence-electron chi connectivity index (χ3n) is 2.48. The molecule has 0 atom stereocenters. The molecule has 0 saturated heterocycles. The maximum Gasteiger partial charge on any atom is 0.0798 e. The highest BCUT2D eigenvalue weighted by molar-refractivity contribution is 7.74. The highest BCUT2D eigenvalue weighted by atomic mass is 32.1. The Morgan fingerprint density at radius 1 is 1.20 bits per heavy atom. The molecular weight excluding hydrogens is 224 g/mol. The highest BCUT2D eigenvalue weighted by Crippen LogP contribution is 2.38. The van der Waals surface area contributed by atoms with Crippen molar-refractivity contribution in [2.45, 2.75) is 26.2 Å². The molecule has 2 N–H and O–H groups in total. The molecule has 0 aliphatic heterocycles. The van der Waals surface area contributed by atoms with E-state index in [1.54, 1.807) is 0 Å². The SMILES string of the molecule is CN(CCN)c1c(C(C)(C)C)c(=S)c1=S. The van der Waals surface area contributed by atoms with Crippen LogP contribution >= 0.6 is 24.4 Å². The molecule has 84 valence electrons. The highest BCUT2D eigenvalue weighted by Gasteiger charge is 2.27. The monoisotopic (exact) mass is 242 g/mol. The fraction of sp³-hybridized carbons (Fsp3) is 0.636. The maximum atomic E-state index is 5.54. The van der Waals surface area contributed by atoms with Crippen LogP contribution in [0, 0.1) is 9.02 Å². The average Bonchev–Trinajstić information content (AvgIpc) is 2.10. The molecule has 1 rings (SSSR count). The van der Waals surface area contributed by atoms with Crippen molar-refractivity contribution in [1.82, 2.24) is 0 Å². The van der Waals surface area contributed by atoms with E-state index in [2.05, 4.69) is 25.7 Å². The van der Waals surface area contributed by atoms with Crippen LogP contribution in [0.4, 0.5) is 5.69 Å². The van der Waals surface area contributed by atoms with Gasteiger partial charge in [0.25, 0.3) is 0 Å². The lowest BCUT2D eigenvalue weighted by Crippen LogP contribution is -2.30. The van der Waals surface area contributed by atoms with Crippen LogP contribution in [-0.2, 0) is 5.41 Å². The molecule has 1 aromatic carbocycles. The van der Waals surface area contributed by atoms with Gasteiger partial charge in [0, 0.05) is 25.7 Å². The number of hydrogen-bond acceptors (Lipinski definition) is 4. The fourth-order valence-electron chi connectivity index (χ4n) is 1.75. The minimum atomic E-state index is 0.0670. The first-order valence-electron chi connectivity index (χ1n) is 5.05. The lowest BCUT2D eigenvalue weighted by Gasteiger charge is -2.31. The fourth-order valence-corrected chi connectivity index (χ4v) is 2.60. The van der Waals surface area contributed by atoms with Crippen molar-refractivity contribution in [1.29, 1.82) is 0 Å². The molecule has 0 spiro atoms. The second-order valence-corrected chi connectivity index (χ2v) is 5.66. The molecular formula is C11H18N2S2. The number of likely N-dealkylation sites (N-methyl/N-ethyl adjacent to an activating group) is 1. The third kappa shape index (κ3) is 2.27. The van der Waals surface area contributed by atoms with E-state index in [-0.39, 0.29) is 5.41 Å². The second-order valence-electron chi connectivity index (χ2n) is 4.84. The van der Waals surface area contributed by atoms with Gasteiger partial charge in [-0.15, -0.1) is 0 Å². The molecule has 2 nitrogen and oxygen atoms in total.